The van der Waals surface area contributed by atoms with Crippen LogP contribution in [0.25, 0.3) is 0 Å². The van der Waals surface area contributed by atoms with Gasteiger partial charge in [0.15, 0.2) is 0 Å². The van der Waals surface area contributed by atoms with Crippen molar-refractivity contribution in [3.05, 3.63) is 102 Å². The molecule has 7 atom stereocenters. The highest BCUT2D eigenvalue weighted by Gasteiger charge is 2.48. The number of carbonyl (C=O) groups excluding carboxylic acids is 4. The number of nitrogens with one attached hydrogen (secondary N) is 3. The molecule has 7 rings (SSSR count). The second-order valence-electron chi connectivity index (χ2n) is 18.6. The lowest BCUT2D eigenvalue weighted by Crippen LogP contribution is -2.53. The minimum Gasteiger partial charge on any atom is -0.354 e. The fourth-order valence-electron chi connectivity index (χ4n) is 9.78. The Morgan fingerprint density at radius 3 is 1.81 bits per heavy atom. The van der Waals surface area contributed by atoms with E-state index >= 15 is 0 Å². The maximum Gasteiger partial charge on any atom is 0.244 e. The number of hydrogen-bond donors (Lipinski definition) is 3. The first-order valence-electron chi connectivity index (χ1n) is 24.2. The van der Waals surface area contributed by atoms with Crippen molar-refractivity contribution in [1.82, 2.24) is 30.1 Å². The summed E-state index contributed by atoms with van der Waals surface area (Å²) in [7, 11) is -4.07. The predicted octanol–water partition coefficient (Wildman–Crippen LogP) is 6.73. The van der Waals surface area contributed by atoms with Crippen LogP contribution in [0.2, 0.25) is 0 Å². The molecule has 4 amide bonds. The molecule has 3 N–H and O–H groups in total. The number of hydrogen-bond acceptors (Lipinski definition) is 7. The molecule has 4 fully saturated rings. The van der Waals surface area contributed by atoms with Gasteiger partial charge in [0.1, 0.15) is 6.04 Å². The van der Waals surface area contributed by atoms with Crippen LogP contribution in [0.15, 0.2) is 89.8 Å². The molecule has 2 heterocycles. The maximum absolute atomic E-state index is 14.5. The first kappa shape index (κ1) is 47.4. The molecule has 0 unspecified atom stereocenters. The summed E-state index contributed by atoms with van der Waals surface area (Å²) in [6.45, 7) is 6.22. The van der Waals surface area contributed by atoms with Crippen LogP contribution >= 0.6 is 0 Å². The fourth-order valence-corrected chi connectivity index (χ4v) is 11.3. The van der Waals surface area contributed by atoms with Gasteiger partial charge in [-0.15, -0.1) is 0 Å². The highest BCUT2D eigenvalue weighted by Crippen LogP contribution is 2.43. The number of unbranched alkanes of at least 4 members (excludes halogenated alkanes) is 7. The van der Waals surface area contributed by atoms with Gasteiger partial charge in [-0.2, -0.15) is 4.31 Å². The average Bonchev–Trinajstić information content (AvgIpc) is 4.23. The molecule has 2 aliphatic carbocycles. The fraction of sp³-hybridized carbons (Fsp3) is 0.569. The Morgan fingerprint density at radius 2 is 1.22 bits per heavy atom. The monoisotopic (exact) mass is 895 g/mol. The number of nitrogens with zero attached hydrogens (tertiary/aromatic N) is 3. The first-order valence-corrected chi connectivity index (χ1v) is 25.6. The first-order chi connectivity index (χ1) is 31.1. The summed E-state index contributed by atoms with van der Waals surface area (Å²) in [6, 6.07) is 26.3. The Hall–Kier alpha value is -4.59. The van der Waals surface area contributed by atoms with Crippen molar-refractivity contribution in [2.75, 3.05) is 39.3 Å². The lowest BCUT2D eigenvalue weighted by Gasteiger charge is -2.31. The normalized spacial score (nSPS) is 24.7. The number of benzene rings is 3. The van der Waals surface area contributed by atoms with Crippen LogP contribution in [0.5, 0.6) is 0 Å². The molecular formula is C51H70N6O6S. The lowest BCUT2D eigenvalue weighted by molar-refractivity contribution is -0.140. The molecule has 0 aromatic heterocycles. The van der Waals surface area contributed by atoms with Crippen molar-refractivity contribution in [3.63, 3.8) is 0 Å². The van der Waals surface area contributed by atoms with Crippen LogP contribution in [0.4, 0.5) is 0 Å². The molecule has 13 heteroatoms. The van der Waals surface area contributed by atoms with Crippen LogP contribution in [0, 0.1) is 11.8 Å². The topological polar surface area (TPSA) is 148 Å². The van der Waals surface area contributed by atoms with Gasteiger partial charge < -0.3 is 20.9 Å². The maximum atomic E-state index is 14.5. The number of rotatable bonds is 22. The lowest BCUT2D eigenvalue weighted by atomic mass is 9.94. The zero-order chi connectivity index (χ0) is 45.1. The van der Waals surface area contributed by atoms with E-state index in [0.29, 0.717) is 45.6 Å². The number of amides is 4. The van der Waals surface area contributed by atoms with E-state index in [1.54, 1.807) is 23.1 Å². The Bertz CT molecular complexity index is 2060. The van der Waals surface area contributed by atoms with Crippen molar-refractivity contribution < 1.29 is 27.6 Å². The van der Waals surface area contributed by atoms with Gasteiger partial charge >= 0.3 is 0 Å². The molecule has 4 aliphatic rings. The molecule has 2 saturated carbocycles. The Balaban J connectivity index is 1.03. The van der Waals surface area contributed by atoms with E-state index in [-0.39, 0.29) is 65.5 Å². The predicted molar refractivity (Wildman–Crippen MR) is 250 cm³/mol. The van der Waals surface area contributed by atoms with Crippen LogP contribution < -0.4 is 16.0 Å². The van der Waals surface area contributed by atoms with E-state index in [4.69, 9.17) is 0 Å². The molecule has 64 heavy (non-hydrogen) atoms. The third kappa shape index (κ3) is 12.4. The van der Waals surface area contributed by atoms with E-state index in [2.05, 4.69) is 59.0 Å². The number of sulfonamides is 1. The summed E-state index contributed by atoms with van der Waals surface area (Å²) in [6.07, 6.45) is 11.4. The highest BCUT2D eigenvalue weighted by atomic mass is 32.2. The number of likely N-dealkylation sites (tertiary alicyclic amines) is 1. The van der Waals surface area contributed by atoms with Gasteiger partial charge in [-0.1, -0.05) is 132 Å². The van der Waals surface area contributed by atoms with Gasteiger partial charge in [-0.25, -0.2) is 8.42 Å². The third-order valence-electron chi connectivity index (χ3n) is 13.7. The summed E-state index contributed by atoms with van der Waals surface area (Å²) in [5.74, 6) is -1.28. The molecule has 0 radical (unpaired) electrons. The number of carbonyl (C=O) groups is 4. The zero-order valence-electron chi connectivity index (χ0n) is 38.0. The highest BCUT2D eigenvalue weighted by molar-refractivity contribution is 7.89. The second-order valence-corrected chi connectivity index (χ2v) is 20.6. The zero-order valence-corrected chi connectivity index (χ0v) is 38.8. The smallest absolute Gasteiger partial charge is 0.244 e. The molecule has 2 aliphatic heterocycles. The second kappa shape index (κ2) is 22.5. The summed E-state index contributed by atoms with van der Waals surface area (Å²) in [5, 5.41) is 9.55. The average molecular weight is 895 g/mol. The Labute approximate surface area is 381 Å². The third-order valence-corrected chi connectivity index (χ3v) is 15.6. The van der Waals surface area contributed by atoms with Gasteiger partial charge in [-0.05, 0) is 60.9 Å². The summed E-state index contributed by atoms with van der Waals surface area (Å²) in [5.41, 5.74) is 3.14. The minimum absolute atomic E-state index is 0.0247. The van der Waals surface area contributed by atoms with Gasteiger partial charge in [0.2, 0.25) is 33.7 Å². The summed E-state index contributed by atoms with van der Waals surface area (Å²) < 4.78 is 30.4. The standard InChI is InChI=1S/C51H70N6O6S/c1-3-5-7-9-16-26-48(58)57-29-19-28-56(36-47(57)51(61)52-27-17-8-6-4-2)64(62,63)40-25-18-20-37(30-40)33-55-34-43(49(59)53-45-31-41(45)38-21-12-10-13-22-38)44(35-55)50(60)54-46-32-42(46)39-23-14-11-15-24-39/h10-15,18,20-25,30,41-47H,3-9,16-17,19,26-29,31-36H2,1-2H3,(H,52,61)(H,53,59)(H,54,60)/t41-,42-,43-,44-,45+,46+,47-/m1/s1. The quantitative estimate of drug-likeness (QED) is 0.0949. The van der Waals surface area contributed by atoms with Gasteiger partial charge in [0, 0.05) is 76.2 Å². The Morgan fingerprint density at radius 1 is 0.641 bits per heavy atom. The molecule has 12 nitrogen and oxygen atoms in total. The van der Waals surface area contributed by atoms with Gasteiger partial charge in [-0.3, -0.25) is 24.1 Å². The minimum atomic E-state index is -4.07. The molecule has 346 valence electrons. The molecule has 2 saturated heterocycles. The summed E-state index contributed by atoms with van der Waals surface area (Å²) >= 11 is 0. The van der Waals surface area contributed by atoms with Crippen molar-refractivity contribution in [3.8, 4) is 0 Å². The van der Waals surface area contributed by atoms with Gasteiger partial charge in [0.05, 0.1) is 16.7 Å². The van der Waals surface area contributed by atoms with E-state index in [1.807, 2.05) is 42.5 Å². The van der Waals surface area contributed by atoms with Crippen LogP contribution in [-0.2, 0) is 35.7 Å². The van der Waals surface area contributed by atoms with Crippen molar-refractivity contribution in [1.29, 1.82) is 0 Å². The van der Waals surface area contributed by atoms with E-state index in [1.165, 1.54) is 15.4 Å². The largest absolute Gasteiger partial charge is 0.354 e. The Kier molecular flexibility index (Phi) is 16.7. The molecular weight excluding hydrogens is 825 g/mol. The SMILES string of the molecule is CCCCCCCC(=O)N1CCCN(S(=O)(=O)c2cccc(CN3C[C@@H](C(=O)N[C@H]4C[C@@H]4c4ccccc4)[C@H](C(=O)N[C@H]4C[C@@H]4c4ccccc4)C3)c2)C[C@@H]1C(=O)NCCCCCC. The van der Waals surface area contributed by atoms with Crippen molar-refractivity contribution >= 4 is 33.7 Å². The molecule has 0 bridgehead atoms. The van der Waals surface area contributed by atoms with Crippen molar-refractivity contribution in [2.24, 2.45) is 11.8 Å². The molecule has 0 spiro atoms. The molecule has 3 aromatic rings. The van der Waals surface area contributed by atoms with Crippen LogP contribution in [0.3, 0.4) is 0 Å². The van der Waals surface area contributed by atoms with E-state index in [0.717, 1.165) is 76.2 Å². The van der Waals surface area contributed by atoms with E-state index in [9.17, 15) is 27.6 Å². The van der Waals surface area contributed by atoms with Gasteiger partial charge in [0.25, 0.3) is 0 Å². The van der Waals surface area contributed by atoms with Crippen LogP contribution in [-0.4, -0.2) is 104 Å². The molecule has 3 aromatic carbocycles. The van der Waals surface area contributed by atoms with E-state index < -0.39 is 27.9 Å². The van der Waals surface area contributed by atoms with Crippen molar-refractivity contribution in [2.45, 2.75) is 139 Å². The van der Waals surface area contributed by atoms with Crippen LogP contribution in [0.1, 0.15) is 126 Å². The summed E-state index contributed by atoms with van der Waals surface area (Å²) in [4.78, 5) is 59.4.